The Morgan fingerprint density at radius 2 is 2.00 bits per heavy atom. The SMILES string of the molecule is COc1cccc2c1CCC(CN)C2C1CCCC1. The van der Waals surface area contributed by atoms with Crippen molar-refractivity contribution in [1.82, 2.24) is 0 Å². The van der Waals surface area contributed by atoms with Gasteiger partial charge >= 0.3 is 0 Å². The lowest BCUT2D eigenvalue weighted by atomic mass is 9.68. The van der Waals surface area contributed by atoms with E-state index in [0.29, 0.717) is 11.8 Å². The summed E-state index contributed by atoms with van der Waals surface area (Å²) in [5.74, 6) is 3.27. The molecule has 0 bridgehead atoms. The Bertz CT molecular complexity index is 437. The summed E-state index contributed by atoms with van der Waals surface area (Å²) in [6.07, 6.45) is 7.93. The lowest BCUT2D eigenvalue weighted by Gasteiger charge is -2.37. The molecule has 1 aromatic carbocycles. The van der Waals surface area contributed by atoms with Crippen molar-refractivity contribution < 1.29 is 4.74 Å². The molecule has 1 aromatic rings. The molecular weight excluding hydrogens is 234 g/mol. The molecule has 19 heavy (non-hydrogen) atoms. The number of rotatable bonds is 3. The Hall–Kier alpha value is -1.02. The molecule has 0 saturated heterocycles. The van der Waals surface area contributed by atoms with Gasteiger partial charge in [0.25, 0.3) is 0 Å². The quantitative estimate of drug-likeness (QED) is 0.902. The van der Waals surface area contributed by atoms with Crippen LogP contribution in [-0.4, -0.2) is 13.7 Å². The number of benzene rings is 1. The van der Waals surface area contributed by atoms with Gasteiger partial charge in [0, 0.05) is 0 Å². The Kier molecular flexibility index (Phi) is 3.79. The van der Waals surface area contributed by atoms with Crippen LogP contribution in [0.1, 0.15) is 49.1 Å². The second-order valence-corrected chi connectivity index (χ2v) is 6.13. The van der Waals surface area contributed by atoms with Crippen LogP contribution in [0.5, 0.6) is 5.75 Å². The fraction of sp³-hybridized carbons (Fsp3) is 0.647. The number of fused-ring (bicyclic) bond motifs is 1. The largest absolute Gasteiger partial charge is 0.496 e. The molecule has 1 fully saturated rings. The molecule has 2 aliphatic rings. The minimum Gasteiger partial charge on any atom is -0.496 e. The summed E-state index contributed by atoms with van der Waals surface area (Å²) in [5.41, 5.74) is 9.04. The van der Waals surface area contributed by atoms with Gasteiger partial charge in [-0.1, -0.05) is 25.0 Å². The van der Waals surface area contributed by atoms with Crippen LogP contribution >= 0.6 is 0 Å². The number of ether oxygens (including phenoxy) is 1. The highest BCUT2D eigenvalue weighted by atomic mass is 16.5. The highest BCUT2D eigenvalue weighted by Gasteiger charge is 2.36. The summed E-state index contributed by atoms with van der Waals surface area (Å²) < 4.78 is 5.56. The van der Waals surface area contributed by atoms with Crippen LogP contribution in [0.4, 0.5) is 0 Å². The van der Waals surface area contributed by atoms with Gasteiger partial charge in [-0.05, 0) is 67.2 Å². The first-order valence-corrected chi connectivity index (χ1v) is 7.71. The van der Waals surface area contributed by atoms with Gasteiger partial charge in [0.05, 0.1) is 7.11 Å². The molecule has 2 atom stereocenters. The van der Waals surface area contributed by atoms with Crippen LogP contribution in [-0.2, 0) is 6.42 Å². The van der Waals surface area contributed by atoms with E-state index in [0.717, 1.165) is 24.6 Å². The van der Waals surface area contributed by atoms with Crippen LogP contribution in [0.2, 0.25) is 0 Å². The summed E-state index contributed by atoms with van der Waals surface area (Å²) in [5, 5.41) is 0. The Morgan fingerprint density at radius 1 is 1.21 bits per heavy atom. The van der Waals surface area contributed by atoms with E-state index in [4.69, 9.17) is 10.5 Å². The molecule has 0 radical (unpaired) electrons. The van der Waals surface area contributed by atoms with Crippen LogP contribution in [0.3, 0.4) is 0 Å². The second-order valence-electron chi connectivity index (χ2n) is 6.13. The Morgan fingerprint density at radius 3 is 2.68 bits per heavy atom. The van der Waals surface area contributed by atoms with Crippen LogP contribution in [0.15, 0.2) is 18.2 Å². The van der Waals surface area contributed by atoms with Crippen LogP contribution in [0.25, 0.3) is 0 Å². The van der Waals surface area contributed by atoms with Crippen LogP contribution < -0.4 is 10.5 Å². The zero-order valence-electron chi connectivity index (χ0n) is 11.9. The third kappa shape index (κ3) is 2.27. The van der Waals surface area contributed by atoms with E-state index in [9.17, 15) is 0 Å². The topological polar surface area (TPSA) is 35.2 Å². The highest BCUT2D eigenvalue weighted by molar-refractivity contribution is 5.44. The van der Waals surface area contributed by atoms with E-state index in [-0.39, 0.29) is 0 Å². The maximum atomic E-state index is 6.06. The normalized spacial score (nSPS) is 27.3. The average Bonchev–Trinajstić information content (AvgIpc) is 2.99. The Balaban J connectivity index is 2.00. The van der Waals surface area contributed by atoms with Crippen molar-refractivity contribution in [2.75, 3.05) is 13.7 Å². The fourth-order valence-corrected chi connectivity index (χ4v) is 4.34. The van der Waals surface area contributed by atoms with Gasteiger partial charge in [-0.25, -0.2) is 0 Å². The van der Waals surface area contributed by atoms with Gasteiger partial charge in [-0.15, -0.1) is 0 Å². The molecule has 2 N–H and O–H groups in total. The molecule has 104 valence electrons. The number of hydrogen-bond acceptors (Lipinski definition) is 2. The lowest BCUT2D eigenvalue weighted by Crippen LogP contribution is -2.31. The zero-order valence-corrected chi connectivity index (χ0v) is 11.9. The molecule has 0 amide bonds. The van der Waals surface area contributed by atoms with E-state index < -0.39 is 0 Å². The summed E-state index contributed by atoms with van der Waals surface area (Å²) in [6.45, 7) is 0.831. The van der Waals surface area contributed by atoms with Gasteiger partial charge in [0.15, 0.2) is 0 Å². The second kappa shape index (κ2) is 5.54. The first-order valence-electron chi connectivity index (χ1n) is 7.71. The van der Waals surface area contributed by atoms with E-state index in [1.165, 1.54) is 43.2 Å². The molecule has 2 unspecified atom stereocenters. The molecule has 0 spiro atoms. The first kappa shape index (κ1) is 13.0. The maximum absolute atomic E-state index is 6.06. The predicted octanol–water partition coefficient (Wildman–Crippen LogP) is 3.49. The average molecular weight is 259 g/mol. The predicted molar refractivity (Wildman–Crippen MR) is 78.6 cm³/mol. The van der Waals surface area contributed by atoms with Gasteiger partial charge < -0.3 is 10.5 Å². The zero-order chi connectivity index (χ0) is 13.2. The standard InChI is InChI=1S/C17H25NO/c1-19-16-8-4-7-15-14(16)10-9-13(11-18)17(15)12-5-2-3-6-12/h4,7-8,12-13,17H,2-3,5-6,9-11,18H2,1H3. The van der Waals surface area contributed by atoms with E-state index in [1.54, 1.807) is 7.11 Å². The van der Waals surface area contributed by atoms with E-state index in [2.05, 4.69) is 18.2 Å². The summed E-state index contributed by atoms with van der Waals surface area (Å²) >= 11 is 0. The van der Waals surface area contributed by atoms with Crippen molar-refractivity contribution in [1.29, 1.82) is 0 Å². The molecule has 0 heterocycles. The molecule has 2 heteroatoms. The minimum atomic E-state index is 0.669. The van der Waals surface area contributed by atoms with Crippen LogP contribution in [0, 0.1) is 11.8 Å². The molecular formula is C17H25NO. The third-order valence-electron chi connectivity index (χ3n) is 5.23. The molecule has 0 aliphatic heterocycles. The Labute approximate surface area is 116 Å². The smallest absolute Gasteiger partial charge is 0.122 e. The molecule has 2 nitrogen and oxygen atoms in total. The van der Waals surface area contributed by atoms with Crippen molar-refractivity contribution >= 4 is 0 Å². The van der Waals surface area contributed by atoms with Gasteiger partial charge in [-0.2, -0.15) is 0 Å². The molecule has 0 aromatic heterocycles. The molecule has 2 aliphatic carbocycles. The van der Waals surface area contributed by atoms with Crippen molar-refractivity contribution in [3.05, 3.63) is 29.3 Å². The first-order chi connectivity index (χ1) is 9.35. The minimum absolute atomic E-state index is 0.669. The highest BCUT2D eigenvalue weighted by Crippen LogP contribution is 2.48. The van der Waals surface area contributed by atoms with Crippen molar-refractivity contribution in [2.24, 2.45) is 17.6 Å². The van der Waals surface area contributed by atoms with Gasteiger partial charge in [0.1, 0.15) is 5.75 Å². The fourth-order valence-electron chi connectivity index (χ4n) is 4.34. The van der Waals surface area contributed by atoms with Crippen molar-refractivity contribution in [3.8, 4) is 5.75 Å². The van der Waals surface area contributed by atoms with Crippen molar-refractivity contribution in [2.45, 2.75) is 44.4 Å². The monoisotopic (exact) mass is 259 g/mol. The summed E-state index contributed by atoms with van der Waals surface area (Å²) in [4.78, 5) is 0. The maximum Gasteiger partial charge on any atom is 0.122 e. The number of hydrogen-bond donors (Lipinski definition) is 1. The van der Waals surface area contributed by atoms with Gasteiger partial charge in [0.2, 0.25) is 0 Å². The van der Waals surface area contributed by atoms with Crippen molar-refractivity contribution in [3.63, 3.8) is 0 Å². The number of methoxy groups -OCH3 is 1. The van der Waals surface area contributed by atoms with E-state index in [1.807, 2.05) is 0 Å². The summed E-state index contributed by atoms with van der Waals surface area (Å²) in [6, 6.07) is 6.58. The molecule has 1 saturated carbocycles. The summed E-state index contributed by atoms with van der Waals surface area (Å²) in [7, 11) is 1.79. The third-order valence-corrected chi connectivity index (χ3v) is 5.23. The lowest BCUT2D eigenvalue weighted by molar-refractivity contribution is 0.281. The molecule has 3 rings (SSSR count). The number of nitrogens with two attached hydrogens (primary N) is 1. The van der Waals surface area contributed by atoms with E-state index >= 15 is 0 Å². The van der Waals surface area contributed by atoms with Gasteiger partial charge in [-0.3, -0.25) is 0 Å².